The molecular weight excluding hydrogens is 438 g/mol. The monoisotopic (exact) mass is 463 g/mol. The average molecular weight is 464 g/mol. The van der Waals surface area contributed by atoms with Crippen molar-refractivity contribution in [3.8, 4) is 10.7 Å². The summed E-state index contributed by atoms with van der Waals surface area (Å²) in [6.07, 6.45) is 2.18. The first-order chi connectivity index (χ1) is 15.1. The Kier molecular flexibility index (Phi) is 6.93. The number of hydrogen-bond acceptors (Lipinski definition) is 8. The lowest BCUT2D eigenvalue weighted by Crippen LogP contribution is -2.49. The molecule has 166 valence electrons. The predicted molar refractivity (Wildman–Crippen MR) is 118 cm³/mol. The fourth-order valence-corrected chi connectivity index (χ4v) is 5.30. The zero-order chi connectivity index (χ0) is 21.8. The minimum Gasteiger partial charge on any atom is -0.463 e. The van der Waals surface area contributed by atoms with Crippen LogP contribution in [0, 0.1) is 0 Å². The zero-order valence-electron chi connectivity index (χ0n) is 17.4. The number of nitrogens with zero attached hydrogens (tertiary/aromatic N) is 3. The fourth-order valence-electron chi connectivity index (χ4n) is 3.67. The van der Waals surface area contributed by atoms with E-state index in [1.54, 1.807) is 25.2 Å². The molecule has 0 aliphatic carbocycles. The summed E-state index contributed by atoms with van der Waals surface area (Å²) in [7, 11) is 0. The van der Waals surface area contributed by atoms with Crippen LogP contribution in [-0.4, -0.2) is 57.9 Å². The Hall–Kier alpha value is -2.37. The molecule has 2 unspecified atom stereocenters. The van der Waals surface area contributed by atoms with E-state index in [2.05, 4.69) is 25.4 Å². The molecule has 2 amide bonds. The highest BCUT2D eigenvalue weighted by molar-refractivity contribution is 7.99. The highest BCUT2D eigenvalue weighted by Crippen LogP contribution is 2.30. The van der Waals surface area contributed by atoms with E-state index < -0.39 is 12.0 Å². The summed E-state index contributed by atoms with van der Waals surface area (Å²) in [5.74, 6) is 0.730. The lowest BCUT2D eigenvalue weighted by atomic mass is 10.1. The van der Waals surface area contributed by atoms with Gasteiger partial charge in [0.05, 0.1) is 35.7 Å². The molecule has 31 heavy (non-hydrogen) atoms. The van der Waals surface area contributed by atoms with Gasteiger partial charge in [-0.2, -0.15) is 0 Å². The normalized spacial score (nSPS) is 21.2. The van der Waals surface area contributed by atoms with Crippen LogP contribution in [-0.2, 0) is 20.8 Å². The number of esters is 1. The van der Waals surface area contributed by atoms with Gasteiger partial charge in [0.2, 0.25) is 0 Å². The number of thioether (sulfide) groups is 1. The van der Waals surface area contributed by atoms with Gasteiger partial charge in [0.25, 0.3) is 0 Å². The standard InChI is InChI=1S/C20H25N5O4S2/c1-3-28-18(26)16-12(2)21-19(27)22-14(16)11-31-20-24-23-17(15-7-5-9-30-15)25(20)10-13-6-4-8-29-13/h5,7,9,12-13H,3-4,6,8,10-11H2,1-2H3,(H2,21,22,27). The predicted octanol–water partition coefficient (Wildman–Crippen LogP) is 2.80. The Labute approximate surface area is 188 Å². The van der Waals surface area contributed by atoms with E-state index in [0.29, 0.717) is 23.6 Å². The summed E-state index contributed by atoms with van der Waals surface area (Å²) < 4.78 is 13.1. The van der Waals surface area contributed by atoms with Crippen molar-refractivity contribution >= 4 is 35.1 Å². The topological polar surface area (TPSA) is 107 Å². The van der Waals surface area contributed by atoms with Crippen LogP contribution < -0.4 is 10.6 Å². The molecule has 0 bridgehead atoms. The molecule has 4 heterocycles. The molecule has 9 nitrogen and oxygen atoms in total. The smallest absolute Gasteiger partial charge is 0.337 e. The number of aromatic nitrogens is 3. The number of carbonyl (C=O) groups is 2. The molecule has 0 spiro atoms. The SMILES string of the molecule is CCOC(=O)C1=C(CSc2nnc(-c3cccs3)n2CC2CCCO2)NC(=O)NC1C. The van der Waals surface area contributed by atoms with E-state index >= 15 is 0 Å². The second-order valence-corrected chi connectivity index (χ2v) is 9.14. The quantitative estimate of drug-likeness (QED) is 0.458. The number of urea groups is 1. The highest BCUT2D eigenvalue weighted by Gasteiger charge is 2.30. The maximum atomic E-state index is 12.5. The first-order valence-electron chi connectivity index (χ1n) is 10.3. The molecule has 2 aliphatic heterocycles. The van der Waals surface area contributed by atoms with Crippen molar-refractivity contribution in [1.29, 1.82) is 0 Å². The number of rotatable bonds is 8. The second kappa shape index (κ2) is 9.84. The van der Waals surface area contributed by atoms with Crippen molar-refractivity contribution in [2.24, 2.45) is 0 Å². The number of amides is 2. The molecule has 2 atom stereocenters. The number of nitrogens with one attached hydrogen (secondary N) is 2. The third-order valence-corrected chi connectivity index (χ3v) is 6.94. The number of hydrogen-bond donors (Lipinski definition) is 2. The summed E-state index contributed by atoms with van der Waals surface area (Å²) in [4.78, 5) is 25.5. The minimum absolute atomic E-state index is 0.127. The average Bonchev–Trinajstić information content (AvgIpc) is 3.49. The minimum atomic E-state index is -0.435. The summed E-state index contributed by atoms with van der Waals surface area (Å²) in [5.41, 5.74) is 0.960. The van der Waals surface area contributed by atoms with E-state index in [9.17, 15) is 9.59 Å². The number of carbonyl (C=O) groups excluding carboxylic acids is 2. The summed E-state index contributed by atoms with van der Waals surface area (Å²) in [6, 6.07) is 3.23. The first-order valence-corrected chi connectivity index (χ1v) is 12.1. The van der Waals surface area contributed by atoms with Gasteiger partial charge < -0.3 is 20.1 Å². The van der Waals surface area contributed by atoms with E-state index in [0.717, 1.165) is 35.3 Å². The van der Waals surface area contributed by atoms with Crippen LogP contribution in [0.4, 0.5) is 4.79 Å². The van der Waals surface area contributed by atoms with E-state index in [4.69, 9.17) is 9.47 Å². The molecule has 0 saturated carbocycles. The van der Waals surface area contributed by atoms with Gasteiger partial charge >= 0.3 is 12.0 Å². The van der Waals surface area contributed by atoms with Gasteiger partial charge in [-0.05, 0) is 38.1 Å². The molecule has 2 aromatic rings. The van der Waals surface area contributed by atoms with Crippen molar-refractivity contribution in [3.05, 3.63) is 28.8 Å². The van der Waals surface area contributed by atoms with Crippen LogP contribution in [0.1, 0.15) is 26.7 Å². The van der Waals surface area contributed by atoms with Gasteiger partial charge in [0, 0.05) is 18.1 Å². The third-order valence-electron chi connectivity index (χ3n) is 5.08. The van der Waals surface area contributed by atoms with E-state index in [1.165, 1.54) is 11.8 Å². The molecular formula is C20H25N5O4S2. The molecule has 0 aromatic carbocycles. The Morgan fingerprint density at radius 1 is 1.45 bits per heavy atom. The van der Waals surface area contributed by atoms with Crippen LogP contribution >= 0.6 is 23.1 Å². The second-order valence-electron chi connectivity index (χ2n) is 7.25. The molecule has 2 N–H and O–H groups in total. The Morgan fingerprint density at radius 3 is 3.03 bits per heavy atom. The van der Waals surface area contributed by atoms with Crippen LogP contribution in [0.25, 0.3) is 10.7 Å². The number of ether oxygens (including phenoxy) is 2. The van der Waals surface area contributed by atoms with Crippen molar-refractivity contribution in [1.82, 2.24) is 25.4 Å². The van der Waals surface area contributed by atoms with Gasteiger partial charge in [0.15, 0.2) is 11.0 Å². The van der Waals surface area contributed by atoms with Gasteiger partial charge in [-0.3, -0.25) is 4.57 Å². The van der Waals surface area contributed by atoms with Gasteiger partial charge in [-0.15, -0.1) is 21.5 Å². The molecule has 2 aromatic heterocycles. The summed E-state index contributed by atoms with van der Waals surface area (Å²) in [6.45, 7) is 5.23. The third kappa shape index (κ3) is 4.94. The van der Waals surface area contributed by atoms with Crippen LogP contribution in [0.2, 0.25) is 0 Å². The van der Waals surface area contributed by atoms with Crippen molar-refractivity contribution in [3.63, 3.8) is 0 Å². The van der Waals surface area contributed by atoms with Crippen LogP contribution in [0.5, 0.6) is 0 Å². The van der Waals surface area contributed by atoms with Crippen molar-refractivity contribution in [2.45, 2.75) is 50.5 Å². The maximum Gasteiger partial charge on any atom is 0.337 e. The molecule has 0 radical (unpaired) electrons. The Balaban J connectivity index is 1.60. The van der Waals surface area contributed by atoms with Crippen LogP contribution in [0.15, 0.2) is 33.9 Å². The van der Waals surface area contributed by atoms with Crippen molar-refractivity contribution in [2.75, 3.05) is 19.0 Å². The lowest BCUT2D eigenvalue weighted by molar-refractivity contribution is -0.138. The van der Waals surface area contributed by atoms with Gasteiger partial charge in [-0.25, -0.2) is 9.59 Å². The van der Waals surface area contributed by atoms with E-state index in [-0.39, 0.29) is 18.7 Å². The fraction of sp³-hybridized carbons (Fsp3) is 0.500. The molecule has 11 heteroatoms. The van der Waals surface area contributed by atoms with Gasteiger partial charge in [-0.1, -0.05) is 17.8 Å². The largest absolute Gasteiger partial charge is 0.463 e. The zero-order valence-corrected chi connectivity index (χ0v) is 19.1. The summed E-state index contributed by atoms with van der Waals surface area (Å²) in [5, 5.41) is 17.0. The molecule has 2 aliphatic rings. The molecule has 1 saturated heterocycles. The first kappa shape index (κ1) is 21.8. The van der Waals surface area contributed by atoms with E-state index in [1.807, 2.05) is 17.5 Å². The molecule has 1 fully saturated rings. The van der Waals surface area contributed by atoms with Gasteiger partial charge in [0.1, 0.15) is 0 Å². The van der Waals surface area contributed by atoms with Crippen molar-refractivity contribution < 1.29 is 19.1 Å². The van der Waals surface area contributed by atoms with Crippen LogP contribution in [0.3, 0.4) is 0 Å². The maximum absolute atomic E-state index is 12.5. The Morgan fingerprint density at radius 2 is 2.32 bits per heavy atom. The Bertz CT molecular complexity index is 966. The highest BCUT2D eigenvalue weighted by atomic mass is 32.2. The summed E-state index contributed by atoms with van der Waals surface area (Å²) >= 11 is 3.04. The number of thiophene rings is 1. The molecule has 4 rings (SSSR count). The lowest BCUT2D eigenvalue weighted by Gasteiger charge is -2.26.